The molecular weight excluding hydrogens is 345 g/mol. The maximum absolute atomic E-state index is 12.5. The Bertz CT molecular complexity index is 506. The maximum atomic E-state index is 12.5. The van der Waals surface area contributed by atoms with Crippen molar-refractivity contribution in [1.29, 1.82) is 0 Å². The van der Waals surface area contributed by atoms with Crippen molar-refractivity contribution in [3.8, 4) is 0 Å². The zero-order valence-electron chi connectivity index (χ0n) is 13.6. The Kier molecular flexibility index (Phi) is 7.92. The first-order chi connectivity index (χ1) is 11.6. The van der Waals surface area contributed by atoms with E-state index in [0.717, 1.165) is 32.1 Å². The van der Waals surface area contributed by atoms with Crippen molar-refractivity contribution in [2.75, 3.05) is 0 Å². The largest absolute Gasteiger partial charge is 0.478 e. The van der Waals surface area contributed by atoms with Crippen molar-refractivity contribution in [2.45, 2.75) is 69.8 Å². The lowest BCUT2D eigenvalue weighted by molar-refractivity contribution is -0.225. The molecule has 1 rings (SSSR count). The number of halogens is 3. The molecule has 1 atom stereocenters. The molecule has 0 aliphatic heterocycles. The van der Waals surface area contributed by atoms with E-state index >= 15 is 0 Å². The summed E-state index contributed by atoms with van der Waals surface area (Å²) in [5.74, 6) is -4.75. The van der Waals surface area contributed by atoms with Gasteiger partial charge in [-0.05, 0) is 25.7 Å². The molecule has 1 aliphatic carbocycles. The van der Waals surface area contributed by atoms with Crippen molar-refractivity contribution in [1.82, 2.24) is 0 Å². The van der Waals surface area contributed by atoms with Crippen molar-refractivity contribution in [2.24, 2.45) is 0 Å². The van der Waals surface area contributed by atoms with Crippen LogP contribution in [0.4, 0.5) is 13.2 Å². The number of carboxylic acids is 1. The molecule has 0 radical (unpaired) electrons. The Morgan fingerprint density at radius 3 is 2.08 bits per heavy atom. The second-order valence-corrected chi connectivity index (χ2v) is 5.90. The van der Waals surface area contributed by atoms with Gasteiger partial charge >= 0.3 is 24.1 Å². The van der Waals surface area contributed by atoms with E-state index in [-0.39, 0.29) is 6.10 Å². The highest BCUT2D eigenvalue weighted by Gasteiger charge is 2.48. The van der Waals surface area contributed by atoms with Crippen molar-refractivity contribution in [3.63, 3.8) is 0 Å². The smallest absolute Gasteiger partial charge is 0.436 e. The number of esters is 2. The predicted molar refractivity (Wildman–Crippen MR) is 79.5 cm³/mol. The minimum Gasteiger partial charge on any atom is -0.478 e. The number of ether oxygens (including phenoxy) is 2. The molecule has 6 nitrogen and oxygen atoms in total. The minimum absolute atomic E-state index is 0.293. The van der Waals surface area contributed by atoms with Gasteiger partial charge in [0.05, 0.1) is 6.42 Å². The van der Waals surface area contributed by atoms with Crippen LogP contribution in [0.3, 0.4) is 0 Å². The van der Waals surface area contributed by atoms with Gasteiger partial charge in [0.2, 0.25) is 0 Å². The summed E-state index contributed by atoms with van der Waals surface area (Å²) in [4.78, 5) is 33.9. The van der Waals surface area contributed by atoms with Gasteiger partial charge in [-0.1, -0.05) is 25.8 Å². The Morgan fingerprint density at radius 1 is 1.08 bits per heavy atom. The van der Waals surface area contributed by atoms with Crippen LogP contribution in [-0.4, -0.2) is 41.4 Å². The number of aliphatic carboxylic acids is 1. The molecular formula is C16H21F3O6. The summed E-state index contributed by atoms with van der Waals surface area (Å²) in [6.45, 7) is 3.18. The van der Waals surface area contributed by atoms with E-state index in [9.17, 15) is 27.6 Å². The van der Waals surface area contributed by atoms with Crippen LogP contribution in [0.1, 0.15) is 51.4 Å². The average Bonchev–Trinajstić information content (AvgIpc) is 2.45. The molecule has 0 spiro atoms. The molecule has 25 heavy (non-hydrogen) atoms. The third kappa shape index (κ3) is 7.57. The number of carbonyl (C=O) groups excluding carboxylic acids is 2. The number of hydrogen-bond donors (Lipinski definition) is 1. The lowest BCUT2D eigenvalue weighted by Gasteiger charge is -2.20. The Hall–Kier alpha value is -2.06. The van der Waals surface area contributed by atoms with Gasteiger partial charge in [0.15, 0.2) is 0 Å². The quantitative estimate of drug-likeness (QED) is 0.574. The first kappa shape index (κ1) is 21.0. The summed E-state index contributed by atoms with van der Waals surface area (Å²) in [6, 6.07) is 0. The molecule has 1 saturated carbocycles. The number of hydrogen-bond acceptors (Lipinski definition) is 5. The zero-order valence-corrected chi connectivity index (χ0v) is 13.6. The summed E-state index contributed by atoms with van der Waals surface area (Å²) in [5.41, 5.74) is -0.591. The van der Waals surface area contributed by atoms with Gasteiger partial charge in [-0.25, -0.2) is 9.59 Å². The Labute approximate surface area is 143 Å². The van der Waals surface area contributed by atoms with Gasteiger partial charge in [0.1, 0.15) is 6.10 Å². The first-order valence-electron chi connectivity index (χ1n) is 7.99. The normalized spacial score (nSPS) is 17.7. The molecule has 0 saturated heterocycles. The van der Waals surface area contributed by atoms with Crippen molar-refractivity contribution in [3.05, 3.63) is 12.2 Å². The second kappa shape index (κ2) is 9.43. The molecule has 9 heteroatoms. The molecule has 1 fully saturated rings. The van der Waals surface area contributed by atoms with Gasteiger partial charge < -0.3 is 14.6 Å². The van der Waals surface area contributed by atoms with Crippen molar-refractivity contribution < 1.29 is 42.1 Å². The fourth-order valence-electron chi connectivity index (χ4n) is 2.46. The fourth-order valence-corrected chi connectivity index (χ4v) is 2.46. The molecule has 0 bridgehead atoms. The van der Waals surface area contributed by atoms with Crippen LogP contribution >= 0.6 is 0 Å². The number of carboxylic acid groups (broad SMARTS) is 1. The summed E-state index contributed by atoms with van der Waals surface area (Å²) in [5, 5.41) is 8.47. The molecule has 0 amide bonds. The first-order valence-corrected chi connectivity index (χ1v) is 7.99. The third-order valence-corrected chi connectivity index (χ3v) is 3.74. The molecule has 142 valence electrons. The fraction of sp³-hybridized carbons (Fsp3) is 0.688. The standard InChI is InChI=1S/C16H21F3O6/c1-10(15(23)25-13(14(21)22)16(17,18)19)9-12(20)24-11-7-5-3-2-4-6-8-11/h11,13H,1-9H2,(H,21,22). The van der Waals surface area contributed by atoms with E-state index in [1.165, 1.54) is 0 Å². The highest BCUT2D eigenvalue weighted by molar-refractivity contribution is 5.94. The summed E-state index contributed by atoms with van der Waals surface area (Å²) in [6.07, 6.45) is -3.09. The highest BCUT2D eigenvalue weighted by atomic mass is 19.4. The average molecular weight is 366 g/mol. The highest BCUT2D eigenvalue weighted by Crippen LogP contribution is 2.24. The maximum Gasteiger partial charge on any atom is 0.436 e. The molecule has 1 aliphatic rings. The van der Waals surface area contributed by atoms with Gasteiger partial charge in [-0.3, -0.25) is 4.79 Å². The van der Waals surface area contributed by atoms with E-state index in [4.69, 9.17) is 9.84 Å². The van der Waals surface area contributed by atoms with Gasteiger partial charge in [0.25, 0.3) is 6.10 Å². The molecule has 0 aromatic heterocycles. The summed E-state index contributed by atoms with van der Waals surface area (Å²) < 4.78 is 46.5. The summed E-state index contributed by atoms with van der Waals surface area (Å²) >= 11 is 0. The number of alkyl halides is 3. The van der Waals surface area contributed by atoms with Crippen LogP contribution in [0.5, 0.6) is 0 Å². The van der Waals surface area contributed by atoms with E-state index in [1.54, 1.807) is 0 Å². The lowest BCUT2D eigenvalue weighted by atomic mass is 9.98. The second-order valence-electron chi connectivity index (χ2n) is 5.90. The topological polar surface area (TPSA) is 89.9 Å². The van der Waals surface area contributed by atoms with Gasteiger partial charge in [-0.15, -0.1) is 0 Å². The van der Waals surface area contributed by atoms with E-state index in [1.807, 2.05) is 0 Å². The molecule has 0 aromatic rings. The van der Waals surface area contributed by atoms with Crippen LogP contribution in [-0.2, 0) is 23.9 Å². The minimum atomic E-state index is -5.26. The van der Waals surface area contributed by atoms with Crippen LogP contribution in [0.15, 0.2) is 12.2 Å². The van der Waals surface area contributed by atoms with Crippen molar-refractivity contribution >= 4 is 17.9 Å². The van der Waals surface area contributed by atoms with E-state index in [0.29, 0.717) is 12.8 Å². The van der Waals surface area contributed by atoms with Gasteiger partial charge in [0, 0.05) is 5.57 Å². The molecule has 0 heterocycles. The van der Waals surface area contributed by atoms with Crippen LogP contribution < -0.4 is 0 Å². The third-order valence-electron chi connectivity index (χ3n) is 3.74. The number of carbonyl (C=O) groups is 3. The molecule has 1 N–H and O–H groups in total. The van der Waals surface area contributed by atoms with E-state index < -0.39 is 42.2 Å². The van der Waals surface area contributed by atoms with Crippen LogP contribution in [0.25, 0.3) is 0 Å². The molecule has 0 aromatic carbocycles. The Morgan fingerprint density at radius 2 is 1.60 bits per heavy atom. The zero-order chi connectivity index (χ0) is 19.0. The Balaban J connectivity index is 2.51. The van der Waals surface area contributed by atoms with Crippen LogP contribution in [0, 0.1) is 0 Å². The molecule has 1 unspecified atom stereocenters. The monoisotopic (exact) mass is 366 g/mol. The van der Waals surface area contributed by atoms with Crippen LogP contribution in [0.2, 0.25) is 0 Å². The summed E-state index contributed by atoms with van der Waals surface area (Å²) in [7, 11) is 0. The number of rotatable bonds is 6. The predicted octanol–water partition coefficient (Wildman–Crippen LogP) is 3.15. The van der Waals surface area contributed by atoms with Gasteiger partial charge in [-0.2, -0.15) is 13.2 Å². The lowest BCUT2D eigenvalue weighted by Crippen LogP contribution is -2.40. The van der Waals surface area contributed by atoms with E-state index in [2.05, 4.69) is 11.3 Å². The SMILES string of the molecule is C=C(CC(=O)OC1CCCCCCC1)C(=O)OC(C(=O)O)C(F)(F)F.